The molecule has 0 saturated carbocycles. The van der Waals surface area contributed by atoms with Gasteiger partial charge in [0, 0.05) is 44.0 Å². The molecule has 218 valence electrons. The maximum atomic E-state index is 14.5. The van der Waals surface area contributed by atoms with Gasteiger partial charge in [0.25, 0.3) is 0 Å². The highest BCUT2D eigenvalue weighted by Gasteiger charge is 2.51. The summed E-state index contributed by atoms with van der Waals surface area (Å²) in [7, 11) is -3.62. The molecule has 2 amide bonds. The summed E-state index contributed by atoms with van der Waals surface area (Å²) in [5.41, 5.74) is 1.08. The number of para-hydroxylation sites is 1. The van der Waals surface area contributed by atoms with Crippen LogP contribution in [0.3, 0.4) is 0 Å². The normalized spacial score (nSPS) is 22.5. The van der Waals surface area contributed by atoms with E-state index in [4.69, 9.17) is 4.74 Å². The summed E-state index contributed by atoms with van der Waals surface area (Å²) in [6, 6.07) is 11.9. The Morgan fingerprint density at radius 1 is 1.00 bits per heavy atom. The lowest BCUT2D eigenvalue weighted by Crippen LogP contribution is -2.48. The van der Waals surface area contributed by atoms with Crippen LogP contribution in [0.15, 0.2) is 48.7 Å². The number of carbonyl (C=O) groups excluding carboxylic acids is 2. The van der Waals surface area contributed by atoms with E-state index in [1.165, 1.54) is 15.1 Å². The van der Waals surface area contributed by atoms with Crippen LogP contribution >= 0.6 is 0 Å². The zero-order valence-corrected chi connectivity index (χ0v) is 24.2. The highest BCUT2D eigenvalue weighted by Crippen LogP contribution is 2.40. The minimum absolute atomic E-state index is 0.112. The monoisotopic (exact) mass is 583 g/mol. The lowest BCUT2D eigenvalue weighted by Gasteiger charge is -2.34. The first-order valence-corrected chi connectivity index (χ1v) is 15.4. The molecule has 3 saturated heterocycles. The Hall–Kier alpha value is -3.51. The van der Waals surface area contributed by atoms with Crippen LogP contribution in [0.5, 0.6) is 0 Å². The summed E-state index contributed by atoms with van der Waals surface area (Å²) in [5, 5.41) is 4.54. The largest absolute Gasteiger partial charge is 0.444 e. The zero-order chi connectivity index (χ0) is 29.1. The fourth-order valence-electron chi connectivity index (χ4n) is 6.21. The predicted molar refractivity (Wildman–Crippen MR) is 152 cm³/mol. The van der Waals surface area contributed by atoms with E-state index in [1.54, 1.807) is 55.0 Å². The van der Waals surface area contributed by atoms with Crippen LogP contribution in [0, 0.1) is 17.7 Å². The maximum Gasteiger partial charge on any atom is 0.410 e. The van der Waals surface area contributed by atoms with Crippen LogP contribution in [0.4, 0.5) is 14.9 Å². The first kappa shape index (κ1) is 27.6. The number of benzene rings is 2. The van der Waals surface area contributed by atoms with Crippen molar-refractivity contribution in [2.24, 2.45) is 11.8 Å². The van der Waals surface area contributed by atoms with Crippen LogP contribution in [0.1, 0.15) is 33.6 Å². The molecule has 0 bridgehead atoms. The van der Waals surface area contributed by atoms with E-state index in [1.807, 2.05) is 18.2 Å². The average Bonchev–Trinajstić information content (AvgIpc) is 3.63. The van der Waals surface area contributed by atoms with Crippen molar-refractivity contribution in [2.45, 2.75) is 44.5 Å². The van der Waals surface area contributed by atoms with E-state index in [-0.39, 0.29) is 24.9 Å². The second kappa shape index (κ2) is 10.1. The molecule has 0 N–H and O–H groups in total. The fourth-order valence-corrected chi connectivity index (χ4v) is 8.20. The Morgan fingerprint density at radius 3 is 2.39 bits per heavy atom. The number of piperidine rings is 1. The number of aromatic nitrogens is 2. The third-order valence-electron chi connectivity index (χ3n) is 8.24. The van der Waals surface area contributed by atoms with Crippen LogP contribution in [-0.4, -0.2) is 83.0 Å². The first-order chi connectivity index (χ1) is 19.4. The second-order valence-electron chi connectivity index (χ2n) is 12.1. The molecule has 6 rings (SSSR count). The number of amides is 2. The van der Waals surface area contributed by atoms with Crippen molar-refractivity contribution in [3.8, 4) is 5.69 Å². The number of ether oxygens (including phenoxy) is 1. The van der Waals surface area contributed by atoms with Gasteiger partial charge in [-0.1, -0.05) is 18.2 Å². The number of hydrogen-bond donors (Lipinski definition) is 0. The van der Waals surface area contributed by atoms with Gasteiger partial charge in [0.15, 0.2) is 0 Å². The minimum atomic E-state index is -3.62. The number of hydrogen-bond acceptors (Lipinski definition) is 6. The molecular formula is C29H34FN5O5S. The van der Waals surface area contributed by atoms with Gasteiger partial charge >= 0.3 is 6.09 Å². The smallest absolute Gasteiger partial charge is 0.410 e. The summed E-state index contributed by atoms with van der Waals surface area (Å²) >= 11 is 0. The maximum absolute atomic E-state index is 14.5. The third-order valence-corrected chi connectivity index (χ3v) is 10.6. The predicted octanol–water partition coefficient (Wildman–Crippen LogP) is 3.79. The van der Waals surface area contributed by atoms with E-state index in [9.17, 15) is 22.4 Å². The van der Waals surface area contributed by atoms with Gasteiger partial charge < -0.3 is 14.5 Å². The van der Waals surface area contributed by atoms with Crippen molar-refractivity contribution in [1.29, 1.82) is 0 Å². The van der Waals surface area contributed by atoms with E-state index >= 15 is 0 Å². The number of nitrogens with zero attached hydrogens (tertiary/aromatic N) is 5. The SMILES string of the molecule is CC(C)(C)OC(=O)N1CCC(S(=O)(=O)N2C[C@@H]3CN(c4cccc5c4cnn5-c4ccccc4F)C(=O)[C@@H]3C2)CC1. The topological polar surface area (TPSA) is 105 Å². The van der Waals surface area contributed by atoms with Crippen LogP contribution in [0.25, 0.3) is 16.6 Å². The number of carbonyl (C=O) groups is 2. The fraction of sp³-hybridized carbons (Fsp3) is 0.483. The molecule has 3 aliphatic rings. The molecule has 1 aromatic heterocycles. The molecule has 3 aromatic rings. The molecule has 0 unspecified atom stereocenters. The Morgan fingerprint density at radius 2 is 1.71 bits per heavy atom. The van der Waals surface area contributed by atoms with Crippen molar-refractivity contribution in [1.82, 2.24) is 19.0 Å². The molecule has 0 radical (unpaired) electrons. The van der Waals surface area contributed by atoms with Crippen molar-refractivity contribution in [2.75, 3.05) is 37.6 Å². The Labute approximate surface area is 238 Å². The quantitative estimate of drug-likeness (QED) is 0.463. The number of rotatable bonds is 4. The number of likely N-dealkylation sites (tertiary alicyclic amines) is 1. The Balaban J connectivity index is 1.14. The summed E-state index contributed by atoms with van der Waals surface area (Å²) in [4.78, 5) is 29.3. The average molecular weight is 584 g/mol. The van der Waals surface area contributed by atoms with Gasteiger partial charge in [-0.3, -0.25) is 4.79 Å². The van der Waals surface area contributed by atoms with E-state index in [0.717, 1.165) is 5.39 Å². The number of halogens is 1. The van der Waals surface area contributed by atoms with E-state index in [0.29, 0.717) is 49.4 Å². The van der Waals surface area contributed by atoms with Crippen molar-refractivity contribution >= 4 is 38.6 Å². The molecular weight excluding hydrogens is 549 g/mol. The van der Waals surface area contributed by atoms with Crippen LogP contribution in [0.2, 0.25) is 0 Å². The Kier molecular flexibility index (Phi) is 6.80. The summed E-state index contributed by atoms with van der Waals surface area (Å²) in [6.07, 6.45) is 1.88. The van der Waals surface area contributed by atoms with Gasteiger partial charge in [0.05, 0.1) is 28.6 Å². The van der Waals surface area contributed by atoms with Gasteiger partial charge in [-0.25, -0.2) is 26.6 Å². The van der Waals surface area contributed by atoms with Crippen molar-refractivity contribution in [3.05, 3.63) is 54.5 Å². The molecule has 4 heterocycles. The molecule has 2 aromatic carbocycles. The zero-order valence-electron chi connectivity index (χ0n) is 23.4. The van der Waals surface area contributed by atoms with Gasteiger partial charge in [-0.2, -0.15) is 5.10 Å². The number of fused-ring (bicyclic) bond motifs is 2. The Bertz CT molecular complexity index is 1610. The molecule has 3 aliphatic heterocycles. The summed E-state index contributed by atoms with van der Waals surface area (Å²) in [5.74, 6) is -1.07. The third kappa shape index (κ3) is 4.97. The summed E-state index contributed by atoms with van der Waals surface area (Å²) < 4.78 is 50.0. The molecule has 12 heteroatoms. The lowest BCUT2D eigenvalue weighted by atomic mass is 10.0. The highest BCUT2D eigenvalue weighted by atomic mass is 32.2. The molecule has 41 heavy (non-hydrogen) atoms. The molecule has 2 atom stereocenters. The van der Waals surface area contributed by atoms with Crippen LogP contribution < -0.4 is 4.90 Å². The van der Waals surface area contributed by atoms with E-state index in [2.05, 4.69) is 5.10 Å². The summed E-state index contributed by atoms with van der Waals surface area (Å²) in [6.45, 7) is 6.87. The van der Waals surface area contributed by atoms with Crippen molar-refractivity contribution in [3.63, 3.8) is 0 Å². The molecule has 0 spiro atoms. The standard InChI is InChI=1S/C29H34FN5O5S/c1-29(2,3)40-28(37)32-13-11-20(12-14-32)41(38,39)33-16-19-17-34(27(36)22(19)18-33)24-9-6-10-25-21(24)15-31-35(25)26-8-5-4-7-23(26)30/h4-10,15,19-20,22H,11-14,16-18H2,1-3H3/t19-,22-/m1/s1. The van der Waals surface area contributed by atoms with Crippen LogP contribution in [-0.2, 0) is 19.6 Å². The first-order valence-electron chi connectivity index (χ1n) is 13.9. The lowest BCUT2D eigenvalue weighted by molar-refractivity contribution is -0.120. The van der Waals surface area contributed by atoms with Gasteiger partial charge in [0.2, 0.25) is 15.9 Å². The minimum Gasteiger partial charge on any atom is -0.444 e. The highest BCUT2D eigenvalue weighted by molar-refractivity contribution is 7.89. The molecule has 0 aliphatic carbocycles. The van der Waals surface area contributed by atoms with Gasteiger partial charge in [-0.15, -0.1) is 0 Å². The van der Waals surface area contributed by atoms with Crippen molar-refractivity contribution < 1.29 is 27.1 Å². The molecule has 10 nitrogen and oxygen atoms in total. The van der Waals surface area contributed by atoms with E-state index < -0.39 is 38.7 Å². The number of anilines is 1. The molecule has 3 fully saturated rings. The second-order valence-corrected chi connectivity index (χ2v) is 14.3. The number of sulfonamides is 1. The van der Waals surface area contributed by atoms with Gasteiger partial charge in [-0.05, 0) is 57.9 Å². The van der Waals surface area contributed by atoms with Gasteiger partial charge in [0.1, 0.15) is 17.1 Å².